The molecule has 2 aromatic rings. The number of alkyl halides is 3. The van der Waals surface area contributed by atoms with Crippen LogP contribution in [0.4, 0.5) is 19.0 Å². The number of anilines is 1. The summed E-state index contributed by atoms with van der Waals surface area (Å²) in [5, 5.41) is 0. The van der Waals surface area contributed by atoms with Crippen molar-refractivity contribution < 1.29 is 22.7 Å². The first-order valence-corrected chi connectivity index (χ1v) is 8.38. The van der Waals surface area contributed by atoms with E-state index < -0.39 is 11.7 Å². The van der Waals surface area contributed by atoms with Crippen LogP contribution in [-0.4, -0.2) is 54.1 Å². The van der Waals surface area contributed by atoms with E-state index >= 15 is 0 Å². The van der Waals surface area contributed by atoms with Crippen LogP contribution in [0.25, 0.3) is 0 Å². The van der Waals surface area contributed by atoms with Crippen LogP contribution in [0.5, 0.6) is 5.75 Å². The molecule has 0 unspecified atom stereocenters. The average molecular weight is 380 g/mol. The first-order chi connectivity index (χ1) is 12.8. The molecule has 144 valence electrons. The van der Waals surface area contributed by atoms with Crippen LogP contribution in [0, 0.1) is 6.92 Å². The van der Waals surface area contributed by atoms with E-state index in [0.717, 1.165) is 17.8 Å². The van der Waals surface area contributed by atoms with E-state index in [0.29, 0.717) is 37.7 Å². The van der Waals surface area contributed by atoms with Gasteiger partial charge in [0, 0.05) is 31.7 Å². The van der Waals surface area contributed by atoms with Gasteiger partial charge in [0.1, 0.15) is 6.33 Å². The predicted octanol–water partition coefficient (Wildman–Crippen LogP) is 2.77. The molecule has 1 aliphatic rings. The second-order valence-corrected chi connectivity index (χ2v) is 6.17. The summed E-state index contributed by atoms with van der Waals surface area (Å²) in [5.74, 6) is 0.987. The summed E-state index contributed by atoms with van der Waals surface area (Å²) in [5.41, 5.74) is 0.202. The lowest BCUT2D eigenvalue weighted by Crippen LogP contribution is -2.49. The van der Waals surface area contributed by atoms with Crippen molar-refractivity contribution in [3.05, 3.63) is 47.4 Å². The zero-order chi connectivity index (χ0) is 19.6. The van der Waals surface area contributed by atoms with Crippen molar-refractivity contribution >= 4 is 11.7 Å². The van der Waals surface area contributed by atoms with Crippen molar-refractivity contribution in [2.75, 3.05) is 38.2 Å². The van der Waals surface area contributed by atoms with Gasteiger partial charge in [-0.1, -0.05) is 0 Å². The van der Waals surface area contributed by atoms with Crippen molar-refractivity contribution in [1.29, 1.82) is 0 Å². The lowest BCUT2D eigenvalue weighted by molar-refractivity contribution is -0.137. The van der Waals surface area contributed by atoms with Crippen LogP contribution in [0.1, 0.15) is 21.6 Å². The zero-order valence-electron chi connectivity index (χ0n) is 15.0. The lowest BCUT2D eigenvalue weighted by atomic mass is 10.1. The van der Waals surface area contributed by atoms with Gasteiger partial charge in [-0.05, 0) is 31.2 Å². The Hall–Kier alpha value is -2.84. The van der Waals surface area contributed by atoms with Crippen LogP contribution in [0.2, 0.25) is 0 Å². The Bertz CT molecular complexity index is 816. The molecule has 9 heteroatoms. The van der Waals surface area contributed by atoms with E-state index in [-0.39, 0.29) is 11.5 Å². The predicted molar refractivity (Wildman–Crippen MR) is 92.9 cm³/mol. The quantitative estimate of drug-likeness (QED) is 0.820. The van der Waals surface area contributed by atoms with Crippen molar-refractivity contribution in [1.82, 2.24) is 14.9 Å². The van der Waals surface area contributed by atoms with Gasteiger partial charge in [0.05, 0.1) is 18.4 Å². The van der Waals surface area contributed by atoms with Gasteiger partial charge < -0.3 is 14.5 Å². The molecule has 1 aromatic carbocycles. The summed E-state index contributed by atoms with van der Waals surface area (Å²) < 4.78 is 43.3. The maximum Gasteiger partial charge on any atom is 0.416 e. The minimum Gasteiger partial charge on any atom is -0.491 e. The van der Waals surface area contributed by atoms with Gasteiger partial charge in [0.2, 0.25) is 0 Å². The molecule has 0 atom stereocenters. The van der Waals surface area contributed by atoms with Gasteiger partial charge >= 0.3 is 6.18 Å². The van der Waals surface area contributed by atoms with Gasteiger partial charge in [-0.3, -0.25) is 4.79 Å². The Kier molecular flexibility index (Phi) is 5.20. The highest BCUT2D eigenvalue weighted by molar-refractivity contribution is 5.94. The summed E-state index contributed by atoms with van der Waals surface area (Å²) in [4.78, 5) is 24.6. The topological polar surface area (TPSA) is 58.6 Å². The van der Waals surface area contributed by atoms with E-state index in [1.165, 1.54) is 18.5 Å². The largest absolute Gasteiger partial charge is 0.491 e. The number of methoxy groups -OCH3 is 1. The normalized spacial score (nSPS) is 15.0. The number of amides is 1. The van der Waals surface area contributed by atoms with E-state index in [9.17, 15) is 18.0 Å². The third-order valence-electron chi connectivity index (χ3n) is 4.49. The summed E-state index contributed by atoms with van der Waals surface area (Å²) in [6.07, 6.45) is -2.95. The van der Waals surface area contributed by atoms with Gasteiger partial charge in [-0.15, -0.1) is 0 Å². The number of hydrogen-bond donors (Lipinski definition) is 0. The molecule has 2 heterocycles. The van der Waals surface area contributed by atoms with Crippen LogP contribution in [-0.2, 0) is 6.18 Å². The molecule has 0 spiro atoms. The summed E-state index contributed by atoms with van der Waals surface area (Å²) >= 11 is 0. The number of carbonyl (C=O) groups is 1. The number of benzene rings is 1. The number of nitrogens with zero attached hydrogens (tertiary/aromatic N) is 4. The van der Waals surface area contributed by atoms with Crippen molar-refractivity contribution in [2.45, 2.75) is 13.1 Å². The Morgan fingerprint density at radius 2 is 1.70 bits per heavy atom. The minimum absolute atomic E-state index is 0.243. The van der Waals surface area contributed by atoms with Crippen molar-refractivity contribution in [3.63, 3.8) is 0 Å². The number of hydrogen-bond acceptors (Lipinski definition) is 5. The fourth-order valence-electron chi connectivity index (χ4n) is 3.02. The van der Waals surface area contributed by atoms with E-state index in [1.54, 1.807) is 12.0 Å². The average Bonchev–Trinajstić information content (AvgIpc) is 2.67. The van der Waals surface area contributed by atoms with Gasteiger partial charge in [0.15, 0.2) is 11.6 Å². The molecule has 1 aromatic heterocycles. The number of carbonyl (C=O) groups excluding carboxylic acids is 1. The molecule has 1 fully saturated rings. The smallest absolute Gasteiger partial charge is 0.416 e. The van der Waals surface area contributed by atoms with Crippen molar-refractivity contribution in [3.8, 4) is 5.75 Å². The maximum absolute atomic E-state index is 12.6. The monoisotopic (exact) mass is 380 g/mol. The van der Waals surface area contributed by atoms with E-state index in [2.05, 4.69) is 9.97 Å². The highest BCUT2D eigenvalue weighted by Gasteiger charge is 2.31. The molecule has 0 N–H and O–H groups in total. The third kappa shape index (κ3) is 3.96. The summed E-state index contributed by atoms with van der Waals surface area (Å²) in [6.45, 7) is 3.78. The zero-order valence-corrected chi connectivity index (χ0v) is 15.0. The SMILES string of the molecule is COc1c(C)ncnc1N1CCN(C(=O)c2ccc(C(F)(F)F)cc2)CC1. The Labute approximate surface area is 154 Å². The number of rotatable bonds is 3. The Morgan fingerprint density at radius 1 is 1.07 bits per heavy atom. The molecule has 0 radical (unpaired) electrons. The van der Waals surface area contributed by atoms with Crippen molar-refractivity contribution in [2.24, 2.45) is 0 Å². The first kappa shape index (κ1) is 18.9. The number of ether oxygens (including phenoxy) is 1. The number of halogens is 3. The third-order valence-corrected chi connectivity index (χ3v) is 4.49. The highest BCUT2D eigenvalue weighted by atomic mass is 19.4. The summed E-state index contributed by atoms with van der Waals surface area (Å²) in [7, 11) is 1.56. The molecule has 1 saturated heterocycles. The Balaban J connectivity index is 1.67. The van der Waals surface area contributed by atoms with Gasteiger partial charge in [-0.25, -0.2) is 9.97 Å². The molecule has 0 saturated carbocycles. The fourth-order valence-corrected chi connectivity index (χ4v) is 3.02. The molecule has 6 nitrogen and oxygen atoms in total. The van der Waals surface area contributed by atoms with Crippen LogP contribution >= 0.6 is 0 Å². The molecule has 3 rings (SSSR count). The lowest BCUT2D eigenvalue weighted by Gasteiger charge is -2.36. The van der Waals surface area contributed by atoms with Crippen LogP contribution < -0.4 is 9.64 Å². The number of aryl methyl sites for hydroxylation is 1. The van der Waals surface area contributed by atoms with Crippen LogP contribution in [0.15, 0.2) is 30.6 Å². The molecule has 1 amide bonds. The molecule has 0 bridgehead atoms. The molecular weight excluding hydrogens is 361 g/mol. The van der Waals surface area contributed by atoms with Crippen LogP contribution in [0.3, 0.4) is 0 Å². The highest BCUT2D eigenvalue weighted by Crippen LogP contribution is 2.30. The number of piperazine rings is 1. The summed E-state index contributed by atoms with van der Waals surface area (Å²) in [6, 6.07) is 4.29. The van der Waals surface area contributed by atoms with Gasteiger partial charge in [0.25, 0.3) is 5.91 Å². The maximum atomic E-state index is 12.6. The standard InChI is InChI=1S/C18H19F3N4O2/c1-12-15(27-2)16(23-11-22-12)24-7-9-25(10-8-24)17(26)13-3-5-14(6-4-13)18(19,20)21/h3-6,11H,7-10H2,1-2H3. The molecular formula is C18H19F3N4O2. The molecule has 27 heavy (non-hydrogen) atoms. The second kappa shape index (κ2) is 7.42. The Morgan fingerprint density at radius 3 is 2.26 bits per heavy atom. The number of aromatic nitrogens is 2. The van der Waals surface area contributed by atoms with E-state index in [4.69, 9.17) is 4.74 Å². The fraction of sp³-hybridized carbons (Fsp3) is 0.389. The molecule has 0 aliphatic carbocycles. The van der Waals surface area contributed by atoms with Gasteiger partial charge in [-0.2, -0.15) is 13.2 Å². The van der Waals surface area contributed by atoms with E-state index in [1.807, 2.05) is 11.8 Å². The second-order valence-electron chi connectivity index (χ2n) is 6.17. The molecule has 1 aliphatic heterocycles. The first-order valence-electron chi connectivity index (χ1n) is 8.38. The minimum atomic E-state index is -4.41.